The van der Waals surface area contributed by atoms with E-state index in [0.717, 1.165) is 48.8 Å². The van der Waals surface area contributed by atoms with E-state index in [4.69, 9.17) is 0 Å². The summed E-state index contributed by atoms with van der Waals surface area (Å²) >= 11 is 0. The molecule has 1 aromatic carbocycles. The normalized spacial score (nSPS) is 21.8. The Labute approximate surface area is 159 Å². The van der Waals surface area contributed by atoms with Crippen LogP contribution in [-0.4, -0.2) is 39.9 Å². The largest absolute Gasteiger partial charge is 0.368 e. The van der Waals surface area contributed by atoms with Gasteiger partial charge in [0.15, 0.2) is 0 Å². The number of nitrogens with zero attached hydrogens (tertiary/aromatic N) is 3. The van der Waals surface area contributed by atoms with Crippen LogP contribution in [0.5, 0.6) is 0 Å². The quantitative estimate of drug-likeness (QED) is 0.764. The van der Waals surface area contributed by atoms with Gasteiger partial charge in [0.25, 0.3) is 0 Å². The molecule has 3 heterocycles. The van der Waals surface area contributed by atoms with E-state index in [1.807, 2.05) is 17.9 Å². The third-order valence-corrected chi connectivity index (χ3v) is 5.32. The van der Waals surface area contributed by atoms with Crippen LogP contribution in [0, 0.1) is 6.92 Å². The fourth-order valence-corrected chi connectivity index (χ4v) is 3.85. The highest BCUT2D eigenvalue weighted by atomic mass is 16.2. The lowest BCUT2D eigenvalue weighted by atomic mass is 10.0. The average Bonchev–Trinajstić information content (AvgIpc) is 3.15. The molecular formula is C20H26N6O. The van der Waals surface area contributed by atoms with Crippen LogP contribution < -0.4 is 16.2 Å². The van der Waals surface area contributed by atoms with Gasteiger partial charge in [0.05, 0.1) is 12.2 Å². The summed E-state index contributed by atoms with van der Waals surface area (Å²) in [5, 5.41) is 3.51. The minimum absolute atomic E-state index is 0.0969. The maximum absolute atomic E-state index is 11.7. The number of rotatable bonds is 4. The first kappa shape index (κ1) is 17.9. The number of hydrogen-bond donors (Lipinski definition) is 3. The van der Waals surface area contributed by atoms with Crippen molar-refractivity contribution in [1.29, 1.82) is 0 Å². The number of carbonyl (C=O) groups is 1. The van der Waals surface area contributed by atoms with Crippen LogP contribution in [0.3, 0.4) is 0 Å². The smallest absolute Gasteiger partial charge is 0.219 e. The molecule has 1 aromatic heterocycles. The second-order valence-electron chi connectivity index (χ2n) is 7.30. The number of fused-ring (bicyclic) bond motifs is 1. The number of hydrogen-bond acceptors (Lipinski definition) is 6. The summed E-state index contributed by atoms with van der Waals surface area (Å²) < 4.78 is 0. The van der Waals surface area contributed by atoms with E-state index in [9.17, 15) is 4.79 Å². The van der Waals surface area contributed by atoms with E-state index in [0.29, 0.717) is 18.6 Å². The molecule has 0 spiro atoms. The number of hydrazine groups is 1. The number of anilines is 1. The van der Waals surface area contributed by atoms with Crippen molar-refractivity contribution >= 4 is 11.7 Å². The molecule has 7 heteroatoms. The van der Waals surface area contributed by atoms with E-state index in [-0.39, 0.29) is 5.91 Å². The Morgan fingerprint density at radius 2 is 2.07 bits per heavy atom. The maximum Gasteiger partial charge on any atom is 0.219 e. The number of amides is 1. The Balaban J connectivity index is 1.41. The van der Waals surface area contributed by atoms with Crippen LogP contribution >= 0.6 is 0 Å². The Morgan fingerprint density at radius 1 is 1.26 bits per heavy atom. The molecule has 0 aliphatic carbocycles. The predicted octanol–water partition coefficient (Wildman–Crippen LogP) is 1.71. The zero-order chi connectivity index (χ0) is 18.8. The van der Waals surface area contributed by atoms with E-state index < -0.39 is 0 Å². The number of benzene rings is 1. The van der Waals surface area contributed by atoms with Gasteiger partial charge in [0, 0.05) is 37.7 Å². The summed E-state index contributed by atoms with van der Waals surface area (Å²) in [4.78, 5) is 22.7. The lowest BCUT2D eigenvalue weighted by Gasteiger charge is -2.28. The van der Waals surface area contributed by atoms with Crippen molar-refractivity contribution in [3.63, 3.8) is 0 Å². The molecule has 27 heavy (non-hydrogen) atoms. The minimum Gasteiger partial charge on any atom is -0.368 e. The fraction of sp³-hybridized carbons (Fsp3) is 0.450. The third-order valence-electron chi connectivity index (χ3n) is 5.32. The summed E-state index contributed by atoms with van der Waals surface area (Å²) in [5.74, 6) is 1.74. The van der Waals surface area contributed by atoms with Gasteiger partial charge in [-0.15, -0.1) is 0 Å². The molecule has 0 radical (unpaired) electrons. The zero-order valence-electron chi connectivity index (χ0n) is 15.8. The maximum atomic E-state index is 11.7. The molecule has 4 rings (SSSR count). The van der Waals surface area contributed by atoms with Crippen molar-refractivity contribution in [3.8, 4) is 0 Å². The van der Waals surface area contributed by atoms with Gasteiger partial charge >= 0.3 is 0 Å². The highest BCUT2D eigenvalue weighted by Gasteiger charge is 2.26. The minimum atomic E-state index is 0.0969. The number of aromatic nitrogens is 2. The fourth-order valence-electron chi connectivity index (χ4n) is 3.85. The van der Waals surface area contributed by atoms with Crippen LogP contribution in [-0.2, 0) is 17.8 Å². The first-order valence-electron chi connectivity index (χ1n) is 9.52. The second-order valence-corrected chi connectivity index (χ2v) is 7.30. The SMILES string of the molecule is CC(=O)N1CCc2c(nc(C)nc2NCC2CC(c3ccccc3)NN2)C1. The third kappa shape index (κ3) is 3.94. The van der Waals surface area contributed by atoms with Crippen LogP contribution in [0.2, 0.25) is 0 Å². The van der Waals surface area contributed by atoms with Crippen molar-refractivity contribution in [1.82, 2.24) is 25.7 Å². The Hall–Kier alpha value is -2.51. The highest BCUT2D eigenvalue weighted by molar-refractivity contribution is 5.73. The van der Waals surface area contributed by atoms with Gasteiger partial charge in [0.2, 0.25) is 5.91 Å². The Bertz CT molecular complexity index is 825. The number of aryl methyl sites for hydroxylation is 1. The van der Waals surface area contributed by atoms with Crippen molar-refractivity contribution < 1.29 is 4.79 Å². The van der Waals surface area contributed by atoms with Gasteiger partial charge in [0.1, 0.15) is 11.6 Å². The highest BCUT2D eigenvalue weighted by Crippen LogP contribution is 2.25. The summed E-state index contributed by atoms with van der Waals surface area (Å²) in [6, 6.07) is 11.1. The zero-order valence-corrected chi connectivity index (χ0v) is 15.8. The van der Waals surface area contributed by atoms with E-state index in [2.05, 4.69) is 50.4 Å². The first-order chi connectivity index (χ1) is 13.1. The monoisotopic (exact) mass is 366 g/mol. The van der Waals surface area contributed by atoms with Crippen LogP contribution in [0.15, 0.2) is 30.3 Å². The van der Waals surface area contributed by atoms with Gasteiger partial charge in [-0.3, -0.25) is 10.2 Å². The Morgan fingerprint density at radius 3 is 2.85 bits per heavy atom. The van der Waals surface area contributed by atoms with Crippen molar-refractivity contribution in [3.05, 3.63) is 53.0 Å². The molecule has 0 bridgehead atoms. The van der Waals surface area contributed by atoms with Gasteiger partial charge in [-0.2, -0.15) is 0 Å². The number of nitrogens with one attached hydrogen (secondary N) is 3. The van der Waals surface area contributed by atoms with Crippen molar-refractivity contribution in [2.24, 2.45) is 0 Å². The molecule has 142 valence electrons. The summed E-state index contributed by atoms with van der Waals surface area (Å²) in [6.45, 7) is 5.60. The Kier molecular flexibility index (Phi) is 5.05. The molecule has 2 aliphatic rings. The molecule has 2 aromatic rings. The van der Waals surface area contributed by atoms with Crippen LogP contribution in [0.1, 0.15) is 42.0 Å². The standard InChI is InChI=1S/C20H26N6O/c1-13-22-19-12-26(14(2)27)9-8-17(19)20(23-13)21-11-16-10-18(25-24-16)15-6-4-3-5-7-15/h3-7,16,18,24-25H,8-12H2,1-2H3,(H,21,22,23). The molecule has 2 aliphatic heterocycles. The molecule has 3 N–H and O–H groups in total. The molecule has 1 amide bonds. The number of carbonyl (C=O) groups excluding carboxylic acids is 1. The molecular weight excluding hydrogens is 340 g/mol. The summed E-state index contributed by atoms with van der Waals surface area (Å²) in [7, 11) is 0. The first-order valence-corrected chi connectivity index (χ1v) is 9.52. The predicted molar refractivity (Wildman–Crippen MR) is 104 cm³/mol. The van der Waals surface area contributed by atoms with Crippen molar-refractivity contribution in [2.75, 3.05) is 18.4 Å². The van der Waals surface area contributed by atoms with Gasteiger partial charge < -0.3 is 10.2 Å². The molecule has 2 atom stereocenters. The second kappa shape index (κ2) is 7.62. The van der Waals surface area contributed by atoms with E-state index >= 15 is 0 Å². The summed E-state index contributed by atoms with van der Waals surface area (Å²) in [6.07, 6.45) is 1.81. The molecule has 0 saturated carbocycles. The van der Waals surface area contributed by atoms with E-state index in [1.54, 1.807) is 6.92 Å². The average molecular weight is 366 g/mol. The van der Waals surface area contributed by atoms with Crippen molar-refractivity contribution in [2.45, 2.75) is 45.3 Å². The molecule has 2 unspecified atom stereocenters. The van der Waals surface area contributed by atoms with E-state index in [1.165, 1.54) is 5.56 Å². The lowest BCUT2D eigenvalue weighted by molar-refractivity contribution is -0.129. The van der Waals surface area contributed by atoms with Gasteiger partial charge in [-0.05, 0) is 25.3 Å². The molecule has 7 nitrogen and oxygen atoms in total. The lowest BCUT2D eigenvalue weighted by Crippen LogP contribution is -2.37. The summed E-state index contributed by atoms with van der Waals surface area (Å²) in [5.41, 5.74) is 10.2. The molecule has 1 fully saturated rings. The van der Waals surface area contributed by atoms with Gasteiger partial charge in [-0.1, -0.05) is 30.3 Å². The van der Waals surface area contributed by atoms with Crippen LogP contribution in [0.4, 0.5) is 5.82 Å². The van der Waals surface area contributed by atoms with Crippen LogP contribution in [0.25, 0.3) is 0 Å². The molecule has 1 saturated heterocycles. The van der Waals surface area contributed by atoms with Gasteiger partial charge in [-0.25, -0.2) is 15.4 Å². The topological polar surface area (TPSA) is 82.2 Å².